The van der Waals surface area contributed by atoms with E-state index in [1.165, 1.54) is 12.1 Å². The van der Waals surface area contributed by atoms with Crippen molar-refractivity contribution in [2.45, 2.75) is 12.1 Å². The number of hydrogen-bond acceptors (Lipinski definition) is 10. The maximum atomic E-state index is 12.5. The van der Waals surface area contributed by atoms with Crippen molar-refractivity contribution in [2.24, 2.45) is 0 Å². The molecule has 0 bridgehead atoms. The lowest BCUT2D eigenvalue weighted by Crippen LogP contribution is -2.13. The largest absolute Gasteiger partial charge is 0.490 e. The highest BCUT2D eigenvalue weighted by atomic mass is 35.5. The molecule has 0 radical (unpaired) electrons. The molecule has 0 saturated heterocycles. The summed E-state index contributed by atoms with van der Waals surface area (Å²) in [5.41, 5.74) is 0.145. The molecule has 1 amide bonds. The Hall–Kier alpha value is -3.66. The predicted octanol–water partition coefficient (Wildman–Crippen LogP) is 4.00. The summed E-state index contributed by atoms with van der Waals surface area (Å²) in [5, 5.41) is 11.6. The van der Waals surface area contributed by atoms with E-state index in [0.717, 1.165) is 6.26 Å². The number of para-hydroxylation sites is 1. The van der Waals surface area contributed by atoms with E-state index in [4.69, 9.17) is 25.8 Å². The lowest BCUT2D eigenvalue weighted by Gasteiger charge is -2.15. The number of carbonyl (C=O) groups is 1. The quantitative estimate of drug-likeness (QED) is 0.214. The van der Waals surface area contributed by atoms with Crippen molar-refractivity contribution in [1.29, 1.82) is 5.26 Å². The summed E-state index contributed by atoms with van der Waals surface area (Å²) in [6, 6.07) is 14.2. The molecule has 0 fully saturated rings. The molecule has 36 heavy (non-hydrogen) atoms. The average Bonchev–Trinajstić information content (AvgIpc) is 3.31. The van der Waals surface area contributed by atoms with Crippen molar-refractivity contribution >= 4 is 50.1 Å². The summed E-state index contributed by atoms with van der Waals surface area (Å²) in [5.74, 6) is 0.551. The van der Waals surface area contributed by atoms with Gasteiger partial charge in [-0.2, -0.15) is 14.6 Å². The molecule has 13 heteroatoms. The summed E-state index contributed by atoms with van der Waals surface area (Å²) in [6.45, 7) is 2.59. The number of ether oxygens (including phenoxy) is 3. The van der Waals surface area contributed by atoms with Crippen LogP contribution in [0.15, 0.2) is 53.2 Å². The lowest BCUT2D eigenvalue weighted by atomic mass is 10.1. The van der Waals surface area contributed by atoms with Crippen molar-refractivity contribution < 1.29 is 27.4 Å². The Labute approximate surface area is 217 Å². The molecule has 188 valence electrons. The molecule has 3 rings (SSSR count). The molecule has 2 aromatic carbocycles. The standard InChI is InChI=1S/C23H21ClN4O6S2/c1-3-32-19-13-15(12-18(24)20(19)34-10-9-33-17-7-5-4-6-8-17)11-16(14-25)21(29)26-22-27-23(28-35-22)36(2,30)31/h4-8,11-13H,3,9-10H2,1-2H3,(H,26,27,28,29). The SMILES string of the molecule is CCOc1cc(C=C(C#N)C(=O)Nc2nc(S(C)(=O)=O)ns2)cc(Cl)c1OCCOc1ccccc1. The average molecular weight is 549 g/mol. The van der Waals surface area contributed by atoms with Crippen molar-refractivity contribution in [1.82, 2.24) is 9.36 Å². The van der Waals surface area contributed by atoms with Crippen LogP contribution in [-0.4, -0.2) is 49.8 Å². The number of nitrogens with one attached hydrogen (secondary N) is 1. The first kappa shape index (κ1) is 26.9. The number of rotatable bonds is 11. The minimum Gasteiger partial charge on any atom is -0.490 e. The van der Waals surface area contributed by atoms with Crippen LogP contribution in [0, 0.1) is 11.3 Å². The summed E-state index contributed by atoms with van der Waals surface area (Å²) in [4.78, 5) is 16.3. The van der Waals surface area contributed by atoms with Crippen LogP contribution in [0.4, 0.5) is 5.13 Å². The van der Waals surface area contributed by atoms with Crippen molar-refractivity contribution in [3.63, 3.8) is 0 Å². The van der Waals surface area contributed by atoms with E-state index in [-0.39, 0.29) is 28.9 Å². The van der Waals surface area contributed by atoms with Gasteiger partial charge in [-0.3, -0.25) is 10.1 Å². The van der Waals surface area contributed by atoms with Gasteiger partial charge in [0.05, 0.1) is 11.6 Å². The first-order chi connectivity index (χ1) is 17.2. The van der Waals surface area contributed by atoms with Crippen LogP contribution in [0.25, 0.3) is 6.08 Å². The second-order valence-corrected chi connectivity index (χ2v) is 10.1. The molecular weight excluding hydrogens is 528 g/mol. The summed E-state index contributed by atoms with van der Waals surface area (Å²) >= 11 is 7.10. The third-order valence-corrected chi connectivity index (χ3v) is 6.18. The molecule has 0 aliphatic carbocycles. The number of amides is 1. The highest BCUT2D eigenvalue weighted by Gasteiger charge is 2.18. The second-order valence-electron chi connectivity index (χ2n) is 7.05. The minimum absolute atomic E-state index is 0.0592. The molecule has 0 unspecified atom stereocenters. The van der Waals surface area contributed by atoms with E-state index in [0.29, 0.717) is 41.0 Å². The van der Waals surface area contributed by atoms with E-state index >= 15 is 0 Å². The number of benzene rings is 2. The van der Waals surface area contributed by atoms with Gasteiger partial charge in [-0.15, -0.1) is 0 Å². The first-order valence-electron chi connectivity index (χ1n) is 10.4. The van der Waals surface area contributed by atoms with Crippen LogP contribution in [-0.2, 0) is 14.6 Å². The van der Waals surface area contributed by atoms with Crippen LogP contribution in [0.1, 0.15) is 12.5 Å². The Morgan fingerprint density at radius 2 is 1.92 bits per heavy atom. The highest BCUT2D eigenvalue weighted by Crippen LogP contribution is 2.37. The molecule has 1 N–H and O–H groups in total. The third kappa shape index (κ3) is 7.42. The van der Waals surface area contributed by atoms with E-state index in [9.17, 15) is 18.5 Å². The fraction of sp³-hybridized carbons (Fsp3) is 0.217. The minimum atomic E-state index is -3.63. The van der Waals surface area contributed by atoms with E-state index < -0.39 is 20.9 Å². The first-order valence-corrected chi connectivity index (χ1v) is 13.5. The smallest absolute Gasteiger partial charge is 0.268 e. The van der Waals surface area contributed by atoms with Crippen LogP contribution in [0.2, 0.25) is 5.02 Å². The topological polar surface area (TPSA) is 140 Å². The van der Waals surface area contributed by atoms with E-state index in [2.05, 4.69) is 14.7 Å². The Kier molecular flexibility index (Phi) is 9.24. The number of carbonyl (C=O) groups excluding carboxylic acids is 1. The molecule has 1 aromatic heterocycles. The zero-order chi connectivity index (χ0) is 26.1. The number of sulfone groups is 1. The van der Waals surface area contributed by atoms with E-state index in [1.54, 1.807) is 19.1 Å². The van der Waals surface area contributed by atoms with Crippen LogP contribution >= 0.6 is 23.1 Å². The maximum absolute atomic E-state index is 12.5. The fourth-order valence-electron chi connectivity index (χ4n) is 2.79. The number of nitriles is 1. The Morgan fingerprint density at radius 1 is 1.19 bits per heavy atom. The lowest BCUT2D eigenvalue weighted by molar-refractivity contribution is -0.112. The van der Waals surface area contributed by atoms with Gasteiger partial charge in [0.2, 0.25) is 15.0 Å². The van der Waals surface area contributed by atoms with Gasteiger partial charge in [0, 0.05) is 17.8 Å². The van der Waals surface area contributed by atoms with Gasteiger partial charge in [-0.05, 0) is 42.8 Å². The van der Waals surface area contributed by atoms with Gasteiger partial charge < -0.3 is 14.2 Å². The maximum Gasteiger partial charge on any atom is 0.268 e. The predicted molar refractivity (Wildman–Crippen MR) is 135 cm³/mol. The van der Waals surface area contributed by atoms with Gasteiger partial charge in [-0.1, -0.05) is 29.8 Å². The zero-order valence-electron chi connectivity index (χ0n) is 19.2. The molecule has 0 aliphatic rings. The van der Waals surface area contributed by atoms with Gasteiger partial charge in [-0.25, -0.2) is 8.42 Å². The zero-order valence-corrected chi connectivity index (χ0v) is 21.6. The van der Waals surface area contributed by atoms with Gasteiger partial charge >= 0.3 is 0 Å². The monoisotopic (exact) mass is 548 g/mol. The Bertz CT molecular complexity index is 1400. The van der Waals surface area contributed by atoms with Crippen LogP contribution < -0.4 is 19.5 Å². The summed E-state index contributed by atoms with van der Waals surface area (Å²) in [6.07, 6.45) is 2.26. The second kappa shape index (κ2) is 12.3. The van der Waals surface area contributed by atoms with E-state index in [1.807, 2.05) is 30.3 Å². The molecular formula is C23H21ClN4O6S2. The number of nitrogens with zero attached hydrogens (tertiary/aromatic N) is 3. The van der Waals surface area contributed by atoms with Crippen molar-refractivity contribution in [3.8, 4) is 23.3 Å². The molecule has 10 nitrogen and oxygen atoms in total. The van der Waals surface area contributed by atoms with Crippen LogP contribution in [0.3, 0.4) is 0 Å². The summed E-state index contributed by atoms with van der Waals surface area (Å²) in [7, 11) is -3.63. The fourth-order valence-corrected chi connectivity index (χ4v) is 4.50. The van der Waals surface area contributed by atoms with Crippen molar-refractivity contribution in [3.05, 3.63) is 58.6 Å². The molecule has 0 atom stereocenters. The number of halogens is 1. The molecule has 1 heterocycles. The molecule has 3 aromatic rings. The van der Waals surface area contributed by atoms with Gasteiger partial charge in [0.25, 0.3) is 11.1 Å². The highest BCUT2D eigenvalue weighted by molar-refractivity contribution is 7.90. The van der Waals surface area contributed by atoms with Crippen LogP contribution in [0.5, 0.6) is 17.2 Å². The third-order valence-electron chi connectivity index (χ3n) is 4.31. The summed E-state index contributed by atoms with van der Waals surface area (Å²) < 4.78 is 43.7. The number of aromatic nitrogens is 2. The molecule has 0 saturated carbocycles. The Morgan fingerprint density at radius 3 is 2.56 bits per heavy atom. The molecule has 0 aliphatic heterocycles. The molecule has 0 spiro atoms. The van der Waals surface area contributed by atoms with Gasteiger partial charge in [0.15, 0.2) is 11.5 Å². The normalized spacial score (nSPS) is 11.4. The van der Waals surface area contributed by atoms with Crippen molar-refractivity contribution in [2.75, 3.05) is 31.4 Å². The Balaban J connectivity index is 1.74. The number of hydrogen-bond donors (Lipinski definition) is 1. The number of anilines is 1. The van der Waals surface area contributed by atoms with Gasteiger partial charge in [0.1, 0.15) is 30.6 Å².